The number of ether oxygens (including phenoxy) is 6. The van der Waals surface area contributed by atoms with E-state index in [1.807, 2.05) is 0 Å². The maximum absolute atomic E-state index is 13.7. The Morgan fingerprint density at radius 1 is 0.750 bits per heavy atom. The highest BCUT2D eigenvalue weighted by Crippen LogP contribution is 2.36. The first kappa shape index (κ1) is 39.3. The zero-order valence-electron chi connectivity index (χ0n) is 28.9. The summed E-state index contributed by atoms with van der Waals surface area (Å²) in [4.78, 5) is 51.0. The topological polar surface area (TPSA) is 257 Å². The Hall–Kier alpha value is -5.46. The van der Waals surface area contributed by atoms with Crippen LogP contribution in [0.4, 0.5) is 0 Å². The first-order chi connectivity index (χ1) is 24.5. The predicted octanol–water partition coefficient (Wildman–Crippen LogP) is 1.15. The third-order valence-electron chi connectivity index (χ3n) is 8.16. The van der Waals surface area contributed by atoms with Gasteiger partial charge in [-0.3, -0.25) is 9.59 Å². The third-order valence-corrected chi connectivity index (χ3v) is 8.16. The molecular formula is C35H39NO16. The van der Waals surface area contributed by atoms with Crippen molar-refractivity contribution in [2.45, 2.75) is 64.4 Å². The fourth-order valence-corrected chi connectivity index (χ4v) is 5.43. The number of rotatable bonds is 12. The fraction of sp³-hybridized carbons (Fsp3) is 0.371. The number of carboxylic acid groups (broad SMARTS) is 1. The molecule has 4 rings (SSSR count). The zero-order valence-corrected chi connectivity index (χ0v) is 28.9. The summed E-state index contributed by atoms with van der Waals surface area (Å²) >= 11 is 0. The van der Waals surface area contributed by atoms with E-state index in [1.54, 1.807) is 13.0 Å². The number of carbonyl (C=O) groups excluding carboxylic acids is 3. The largest absolute Gasteiger partial charge is 0.507 e. The summed E-state index contributed by atoms with van der Waals surface area (Å²) in [5, 5.41) is 62.9. The summed E-state index contributed by atoms with van der Waals surface area (Å²) in [7, 11) is 2.80. The molecule has 1 fully saturated rings. The van der Waals surface area contributed by atoms with Crippen molar-refractivity contribution in [1.29, 1.82) is 0 Å². The number of hydrogen-bond donors (Lipinski definition) is 7. The molecule has 0 aliphatic carbocycles. The number of nitrogens with one attached hydrogen (secondary N) is 1. The second kappa shape index (κ2) is 16.3. The van der Waals surface area contributed by atoms with Crippen molar-refractivity contribution in [1.82, 2.24) is 5.32 Å². The van der Waals surface area contributed by atoms with Gasteiger partial charge in [0.15, 0.2) is 0 Å². The van der Waals surface area contributed by atoms with Gasteiger partial charge in [-0.2, -0.15) is 0 Å². The number of aromatic hydroxyl groups is 1. The normalized spacial score (nSPS) is 20.3. The van der Waals surface area contributed by atoms with Gasteiger partial charge in [-0.1, -0.05) is 0 Å². The van der Waals surface area contributed by atoms with E-state index in [2.05, 4.69) is 5.32 Å². The van der Waals surface area contributed by atoms with E-state index in [-0.39, 0.29) is 45.1 Å². The highest BCUT2D eigenvalue weighted by Gasteiger charge is 2.45. The maximum Gasteiger partial charge on any atom is 0.347 e. The van der Waals surface area contributed by atoms with Crippen molar-refractivity contribution in [2.24, 2.45) is 0 Å². The molecule has 1 amide bonds. The van der Waals surface area contributed by atoms with Crippen molar-refractivity contribution in [3.05, 3.63) is 69.8 Å². The molecule has 6 unspecified atom stereocenters. The molecule has 6 atom stereocenters. The minimum atomic E-state index is -1.89. The van der Waals surface area contributed by atoms with E-state index < -0.39 is 78.7 Å². The van der Waals surface area contributed by atoms with Crippen LogP contribution in [0, 0.1) is 20.8 Å². The van der Waals surface area contributed by atoms with Crippen LogP contribution in [-0.4, -0.2) is 112 Å². The summed E-state index contributed by atoms with van der Waals surface area (Å²) in [6.45, 7) is 4.95. The average Bonchev–Trinajstić information content (AvgIpc) is 3.07. The molecule has 0 aromatic heterocycles. The number of carbonyl (C=O) groups is 4. The maximum atomic E-state index is 13.7. The molecule has 7 N–H and O–H groups in total. The van der Waals surface area contributed by atoms with Crippen LogP contribution in [0.5, 0.6) is 34.5 Å². The lowest BCUT2D eigenvalue weighted by atomic mass is 9.99. The summed E-state index contributed by atoms with van der Waals surface area (Å²) in [6, 6.07) is 6.42. The molecule has 1 saturated heterocycles. The van der Waals surface area contributed by atoms with Gasteiger partial charge in [-0.05, 0) is 62.6 Å². The van der Waals surface area contributed by atoms with Crippen molar-refractivity contribution in [3.63, 3.8) is 0 Å². The van der Waals surface area contributed by atoms with Gasteiger partial charge < -0.3 is 64.4 Å². The monoisotopic (exact) mass is 729 g/mol. The SMILES string of the molecule is COc1cc(C)c(C(=O)Oc2cc(C)c(C(=O)Oc3cc(C)c(C(=O)NC(C)C(=O)O)c(O)c3)c(OC3OC(CO)C(O)C(O)C3O)c2)c(OC)c1. The lowest BCUT2D eigenvalue weighted by Gasteiger charge is -2.39. The second-order valence-electron chi connectivity index (χ2n) is 11.9. The van der Waals surface area contributed by atoms with Crippen LogP contribution in [0.25, 0.3) is 0 Å². The first-order valence-electron chi connectivity index (χ1n) is 15.7. The van der Waals surface area contributed by atoms with Crippen LogP contribution in [0.3, 0.4) is 0 Å². The first-order valence-corrected chi connectivity index (χ1v) is 15.7. The Morgan fingerprint density at radius 3 is 1.79 bits per heavy atom. The molecular weight excluding hydrogens is 690 g/mol. The van der Waals surface area contributed by atoms with Crippen LogP contribution in [0.2, 0.25) is 0 Å². The molecule has 52 heavy (non-hydrogen) atoms. The highest BCUT2D eigenvalue weighted by atomic mass is 16.7. The number of aliphatic carboxylic acids is 1. The number of phenolic OH excluding ortho intramolecular Hbond substituents is 1. The van der Waals surface area contributed by atoms with Crippen molar-refractivity contribution in [2.75, 3.05) is 20.8 Å². The number of phenols is 1. The van der Waals surface area contributed by atoms with Gasteiger partial charge in [-0.15, -0.1) is 0 Å². The second-order valence-corrected chi connectivity index (χ2v) is 11.9. The molecule has 1 aliphatic heterocycles. The molecule has 17 nitrogen and oxygen atoms in total. The number of methoxy groups -OCH3 is 2. The number of esters is 2. The lowest BCUT2D eigenvalue weighted by Crippen LogP contribution is -2.60. The number of hydrogen-bond acceptors (Lipinski definition) is 15. The van der Waals surface area contributed by atoms with E-state index in [1.165, 1.54) is 53.2 Å². The van der Waals surface area contributed by atoms with E-state index in [0.717, 1.165) is 12.1 Å². The summed E-state index contributed by atoms with van der Waals surface area (Å²) in [5.41, 5.74) is 0.182. The van der Waals surface area contributed by atoms with Crippen LogP contribution >= 0.6 is 0 Å². The minimum absolute atomic E-state index is 0.0607. The highest BCUT2D eigenvalue weighted by molar-refractivity contribution is 6.01. The van der Waals surface area contributed by atoms with Crippen molar-refractivity contribution in [3.8, 4) is 34.5 Å². The van der Waals surface area contributed by atoms with E-state index >= 15 is 0 Å². The quantitative estimate of drug-likeness (QED) is 0.102. The molecule has 3 aromatic rings. The lowest BCUT2D eigenvalue weighted by molar-refractivity contribution is -0.277. The summed E-state index contributed by atoms with van der Waals surface area (Å²) in [6.07, 6.45) is -8.57. The van der Waals surface area contributed by atoms with Crippen molar-refractivity contribution < 1.29 is 78.2 Å². The molecule has 0 bridgehead atoms. The molecule has 280 valence electrons. The smallest absolute Gasteiger partial charge is 0.347 e. The van der Waals surface area contributed by atoms with Crippen LogP contribution in [-0.2, 0) is 9.53 Å². The Morgan fingerprint density at radius 2 is 1.27 bits per heavy atom. The molecule has 0 spiro atoms. The fourth-order valence-electron chi connectivity index (χ4n) is 5.43. The van der Waals surface area contributed by atoms with Gasteiger partial charge >= 0.3 is 17.9 Å². The number of benzene rings is 3. The van der Waals surface area contributed by atoms with Crippen LogP contribution < -0.4 is 29.0 Å². The minimum Gasteiger partial charge on any atom is -0.507 e. The van der Waals surface area contributed by atoms with Gasteiger partial charge in [-0.25, -0.2) is 9.59 Å². The van der Waals surface area contributed by atoms with Gasteiger partial charge in [0.25, 0.3) is 5.91 Å². The Bertz CT molecular complexity index is 1830. The Labute approximate surface area is 296 Å². The van der Waals surface area contributed by atoms with Gasteiger partial charge in [0, 0.05) is 18.2 Å². The number of aliphatic hydroxyl groups is 4. The molecule has 3 aromatic carbocycles. The average molecular weight is 730 g/mol. The van der Waals surface area contributed by atoms with Gasteiger partial charge in [0.05, 0.1) is 26.4 Å². The summed E-state index contributed by atoms with van der Waals surface area (Å²) < 4.78 is 33.1. The van der Waals surface area contributed by atoms with E-state index in [0.29, 0.717) is 11.3 Å². The standard InChI is InChI=1S/C35H39NO16/c1-14-8-19(10-21(38)25(14)31(42)36-17(4)32(43)44)49-34(46)27-16(3)9-20(50-33(45)26-15(2)7-18(47-5)11-22(26)48-6)12-23(27)51-35-30(41)29(40)28(39)24(13-37)52-35/h7-12,17,24,28-30,35,37-41H,13H2,1-6H3,(H,36,42)(H,43,44). The van der Waals surface area contributed by atoms with Gasteiger partial charge in [0.2, 0.25) is 6.29 Å². The number of aryl methyl sites for hydroxylation is 3. The molecule has 17 heteroatoms. The van der Waals surface area contributed by atoms with E-state index in [4.69, 9.17) is 33.5 Å². The molecule has 1 aliphatic rings. The molecule has 0 radical (unpaired) electrons. The Kier molecular flexibility index (Phi) is 12.3. The zero-order chi connectivity index (χ0) is 38.6. The Balaban J connectivity index is 1.73. The number of aliphatic hydroxyl groups excluding tert-OH is 4. The number of amides is 1. The molecule has 1 heterocycles. The third kappa shape index (κ3) is 8.35. The van der Waals surface area contributed by atoms with Gasteiger partial charge in [0.1, 0.15) is 76.1 Å². The van der Waals surface area contributed by atoms with E-state index in [9.17, 15) is 44.7 Å². The molecule has 0 saturated carbocycles. The van der Waals surface area contributed by atoms with Crippen molar-refractivity contribution >= 4 is 23.8 Å². The van der Waals surface area contributed by atoms with Crippen LogP contribution in [0.15, 0.2) is 36.4 Å². The number of carboxylic acids is 1. The predicted molar refractivity (Wildman–Crippen MR) is 177 cm³/mol. The summed E-state index contributed by atoms with van der Waals surface area (Å²) in [5.74, 6) is -4.99. The van der Waals surface area contributed by atoms with Crippen LogP contribution in [0.1, 0.15) is 54.7 Å².